The summed E-state index contributed by atoms with van der Waals surface area (Å²) in [5.41, 5.74) is 1.66. The number of allylic oxidation sites excluding steroid dienone is 1. The summed E-state index contributed by atoms with van der Waals surface area (Å²) in [5, 5.41) is 8.72. The minimum Gasteiger partial charge on any atom is -0.531 e. The number of aliphatic imine (C=N–C) groups is 1. The van der Waals surface area contributed by atoms with Crippen molar-refractivity contribution in [1.82, 2.24) is 0 Å². The van der Waals surface area contributed by atoms with Crippen LogP contribution in [-0.2, 0) is 32.7 Å². The molecule has 0 spiro atoms. The van der Waals surface area contributed by atoms with Crippen molar-refractivity contribution in [2.24, 2.45) is 4.99 Å². The normalized spacial score (nSPS) is 11.5. The molecule has 3 heteroatoms. The van der Waals surface area contributed by atoms with Gasteiger partial charge in [-0.05, 0) is 6.21 Å². The molecule has 2 nitrogen and oxygen atoms in total. The Morgan fingerprint density at radius 1 is 1.33 bits per heavy atom. The van der Waals surface area contributed by atoms with Crippen LogP contribution in [0.3, 0.4) is 0 Å². The molecule has 0 aliphatic rings. The first-order chi connectivity index (χ1) is 6.86. The molecule has 77 valence electrons. The zero-order chi connectivity index (χ0) is 10.2. The van der Waals surface area contributed by atoms with E-state index in [1.54, 1.807) is 6.92 Å². The number of hydrogen-bond donors (Lipinski definition) is 1. The predicted molar refractivity (Wildman–Crippen MR) is 57.1 cm³/mol. The Hall–Kier alpha value is -0.306. The van der Waals surface area contributed by atoms with Gasteiger partial charge in [0.25, 0.3) is 0 Å². The summed E-state index contributed by atoms with van der Waals surface area (Å²) >= 11 is 0. The second-order valence-electron chi connectivity index (χ2n) is 2.76. The Balaban J connectivity index is 0.00000196. The van der Waals surface area contributed by atoms with Gasteiger partial charge in [0.1, 0.15) is 0 Å². The fraction of sp³-hybridized carbons (Fsp3) is 0.250. The molecule has 0 atom stereocenters. The maximum absolute atomic E-state index is 8.72. The molecule has 1 rings (SSSR count). The van der Waals surface area contributed by atoms with E-state index in [2.05, 4.69) is 17.3 Å². The van der Waals surface area contributed by atoms with Crippen LogP contribution in [0, 0.1) is 6.08 Å². The van der Waals surface area contributed by atoms with Crippen molar-refractivity contribution < 1.29 is 37.8 Å². The summed E-state index contributed by atoms with van der Waals surface area (Å²) in [6.07, 6.45) is 6.32. The van der Waals surface area contributed by atoms with Crippen molar-refractivity contribution in [3.63, 3.8) is 0 Å². The number of hydrogen-bond acceptors (Lipinski definition) is 2. The number of aliphatic hydroxyl groups is 1. The number of rotatable bonds is 4. The van der Waals surface area contributed by atoms with Crippen molar-refractivity contribution in [2.75, 3.05) is 6.61 Å². The third-order valence-electron chi connectivity index (χ3n) is 1.73. The minimum atomic E-state index is 0. The number of aliphatic hydroxyl groups excluding tert-OH is 1. The maximum Gasteiger partial charge on any atom is 0.0378 e. The van der Waals surface area contributed by atoms with Gasteiger partial charge < -0.3 is 16.2 Å². The molecule has 0 aliphatic heterocycles. The smallest absolute Gasteiger partial charge is 0.0378 e. The summed E-state index contributed by atoms with van der Waals surface area (Å²) in [7, 11) is 0. The van der Waals surface area contributed by atoms with Crippen LogP contribution in [0.1, 0.15) is 18.9 Å². The molecular formula is C12H13NOY-2. The zero-order valence-electron chi connectivity index (χ0n) is 8.77. The van der Waals surface area contributed by atoms with Crippen LogP contribution in [0.25, 0.3) is 0 Å². The van der Waals surface area contributed by atoms with Crippen molar-refractivity contribution in [1.29, 1.82) is 0 Å². The summed E-state index contributed by atoms with van der Waals surface area (Å²) in [5.74, 6) is 0. The van der Waals surface area contributed by atoms with E-state index in [0.717, 1.165) is 11.3 Å². The summed E-state index contributed by atoms with van der Waals surface area (Å²) in [4.78, 5) is 4.10. The molecule has 0 bridgehead atoms. The molecule has 1 aromatic carbocycles. The molecule has 1 radical (unpaired) electrons. The minimum absolute atomic E-state index is 0. The third kappa shape index (κ3) is 5.98. The first-order valence-corrected chi connectivity index (χ1v) is 4.53. The third-order valence-corrected chi connectivity index (χ3v) is 1.73. The van der Waals surface area contributed by atoms with Gasteiger partial charge in [0.2, 0.25) is 0 Å². The molecule has 0 saturated heterocycles. The van der Waals surface area contributed by atoms with Gasteiger partial charge in [0, 0.05) is 39.3 Å². The quantitative estimate of drug-likeness (QED) is 0.662. The Kier molecular flexibility index (Phi) is 8.78. The van der Waals surface area contributed by atoms with E-state index in [-0.39, 0.29) is 39.3 Å². The average molecular weight is 276 g/mol. The van der Waals surface area contributed by atoms with Gasteiger partial charge in [-0.15, -0.1) is 29.8 Å². The average Bonchev–Trinajstić information content (AvgIpc) is 2.25. The zero-order valence-corrected chi connectivity index (χ0v) is 11.6. The van der Waals surface area contributed by atoms with Gasteiger partial charge in [-0.2, -0.15) is 0 Å². The fourth-order valence-electron chi connectivity index (χ4n) is 0.987. The molecule has 0 fully saturated rings. The fourth-order valence-corrected chi connectivity index (χ4v) is 0.987. The SMILES string of the molecule is C[C-]=C(CCO)N=[C-]c1ccccc1.[Y]. The molecule has 15 heavy (non-hydrogen) atoms. The van der Waals surface area contributed by atoms with Gasteiger partial charge in [-0.3, -0.25) is 0 Å². The second kappa shape index (κ2) is 8.96. The topological polar surface area (TPSA) is 32.6 Å². The van der Waals surface area contributed by atoms with E-state index in [1.807, 2.05) is 30.3 Å². The van der Waals surface area contributed by atoms with Gasteiger partial charge in [0.15, 0.2) is 0 Å². The molecular weight excluding hydrogens is 263 g/mol. The van der Waals surface area contributed by atoms with E-state index in [1.165, 1.54) is 0 Å². The Labute approximate surface area is 116 Å². The van der Waals surface area contributed by atoms with Crippen molar-refractivity contribution in [3.8, 4) is 0 Å². The molecule has 1 N–H and O–H groups in total. The number of benzene rings is 1. The van der Waals surface area contributed by atoms with Crippen LogP contribution in [0.5, 0.6) is 0 Å². The summed E-state index contributed by atoms with van der Waals surface area (Å²) < 4.78 is 0. The maximum atomic E-state index is 8.72. The first kappa shape index (κ1) is 14.7. The summed E-state index contributed by atoms with van der Waals surface area (Å²) in [6.45, 7) is 1.87. The largest absolute Gasteiger partial charge is 0.531 e. The van der Waals surface area contributed by atoms with Gasteiger partial charge in [-0.25, -0.2) is 12.6 Å². The Bertz CT molecular complexity index is 320. The van der Waals surface area contributed by atoms with E-state index in [0.29, 0.717) is 6.42 Å². The van der Waals surface area contributed by atoms with Crippen LogP contribution in [-0.4, -0.2) is 17.9 Å². The van der Waals surface area contributed by atoms with Crippen LogP contribution in [0.2, 0.25) is 0 Å². The molecule has 0 amide bonds. The van der Waals surface area contributed by atoms with Gasteiger partial charge in [0.05, 0.1) is 0 Å². The number of nitrogens with zero attached hydrogens (tertiary/aromatic N) is 1. The predicted octanol–water partition coefficient (Wildman–Crippen LogP) is 2.07. The second-order valence-corrected chi connectivity index (χ2v) is 2.76. The van der Waals surface area contributed by atoms with E-state index < -0.39 is 0 Å². The van der Waals surface area contributed by atoms with E-state index in [4.69, 9.17) is 5.11 Å². The van der Waals surface area contributed by atoms with E-state index in [9.17, 15) is 0 Å². The van der Waals surface area contributed by atoms with Gasteiger partial charge >= 0.3 is 0 Å². The standard InChI is InChI=1S/C12H13NO.Y/c1-2-12(8-9-14)13-10-11-6-4-3-5-7-11;/h3-7,14H,8-9H2,1H3;/q-2;. The summed E-state index contributed by atoms with van der Waals surface area (Å²) in [6, 6.07) is 9.67. The van der Waals surface area contributed by atoms with Crippen LogP contribution in [0.15, 0.2) is 41.0 Å². The first-order valence-electron chi connectivity index (χ1n) is 4.53. The molecule has 0 aliphatic carbocycles. The van der Waals surface area contributed by atoms with Crippen molar-refractivity contribution in [3.05, 3.63) is 47.7 Å². The van der Waals surface area contributed by atoms with Crippen molar-refractivity contribution >= 4 is 6.21 Å². The van der Waals surface area contributed by atoms with Crippen LogP contribution < -0.4 is 0 Å². The molecule has 0 heterocycles. The van der Waals surface area contributed by atoms with Crippen molar-refractivity contribution in [2.45, 2.75) is 13.3 Å². The Morgan fingerprint density at radius 3 is 2.53 bits per heavy atom. The van der Waals surface area contributed by atoms with E-state index >= 15 is 0 Å². The monoisotopic (exact) mass is 276 g/mol. The van der Waals surface area contributed by atoms with Crippen LogP contribution >= 0.6 is 0 Å². The molecule has 0 unspecified atom stereocenters. The molecule has 1 aromatic rings. The Morgan fingerprint density at radius 2 is 2.00 bits per heavy atom. The molecule has 0 saturated carbocycles. The molecule has 0 aromatic heterocycles. The van der Waals surface area contributed by atoms with Crippen LogP contribution in [0.4, 0.5) is 0 Å². The van der Waals surface area contributed by atoms with Gasteiger partial charge in [-0.1, -0.05) is 12.5 Å².